The molecule has 4 rings (SSSR count). The first-order valence-electron chi connectivity index (χ1n) is 10.6. The number of aromatic amines is 1. The predicted molar refractivity (Wildman–Crippen MR) is 135 cm³/mol. The Morgan fingerprint density at radius 3 is 2.56 bits per heavy atom. The fraction of sp³-hybridized carbons (Fsp3) is 0.261. The van der Waals surface area contributed by atoms with Gasteiger partial charge >= 0.3 is 5.69 Å². The number of aromatic nitrogens is 5. The second kappa shape index (κ2) is 10.2. The van der Waals surface area contributed by atoms with Gasteiger partial charge in [0.1, 0.15) is 11.4 Å². The smallest absolute Gasteiger partial charge is 0.329 e. The van der Waals surface area contributed by atoms with Crippen LogP contribution >= 0.6 is 23.1 Å². The standard InChI is InChI=1S/C23H24N6O3S2/c1-14(2)11-28-19(24)18(21(31)25-22(28)32)16(30)13-34-23-27-26-20(17-9-6-10-33-17)29(23)12-15-7-4-3-5-8-15/h3-10,14H,11-13,24H2,1-2H3,(H,25,31,32). The van der Waals surface area contributed by atoms with Crippen LogP contribution in [0.4, 0.5) is 5.82 Å². The van der Waals surface area contributed by atoms with Crippen molar-refractivity contribution in [2.75, 3.05) is 11.5 Å². The third-order valence-electron chi connectivity index (χ3n) is 5.04. The number of rotatable bonds is 9. The molecule has 0 bridgehead atoms. The van der Waals surface area contributed by atoms with Crippen molar-refractivity contribution in [2.24, 2.45) is 5.92 Å². The molecule has 3 N–H and O–H groups in total. The number of hydrogen-bond donors (Lipinski definition) is 2. The maximum Gasteiger partial charge on any atom is 0.329 e. The molecule has 9 nitrogen and oxygen atoms in total. The Balaban J connectivity index is 1.63. The Hall–Kier alpha value is -3.44. The van der Waals surface area contributed by atoms with Gasteiger partial charge in [0, 0.05) is 6.54 Å². The molecule has 0 radical (unpaired) electrons. The van der Waals surface area contributed by atoms with Crippen LogP contribution in [-0.4, -0.2) is 35.9 Å². The molecule has 0 aliphatic carbocycles. The van der Waals surface area contributed by atoms with E-state index in [1.54, 1.807) is 11.3 Å². The fourth-order valence-corrected chi connectivity index (χ4v) is 5.03. The summed E-state index contributed by atoms with van der Waals surface area (Å²) in [6.45, 7) is 4.65. The van der Waals surface area contributed by atoms with Gasteiger partial charge in [-0.1, -0.05) is 62.0 Å². The Labute approximate surface area is 203 Å². The molecule has 0 aliphatic rings. The van der Waals surface area contributed by atoms with Crippen LogP contribution < -0.4 is 17.0 Å². The van der Waals surface area contributed by atoms with Crippen molar-refractivity contribution in [2.45, 2.75) is 32.1 Å². The number of carbonyl (C=O) groups excluding carboxylic acids is 1. The summed E-state index contributed by atoms with van der Waals surface area (Å²) < 4.78 is 3.18. The van der Waals surface area contributed by atoms with Gasteiger partial charge in [-0.25, -0.2) is 4.79 Å². The lowest BCUT2D eigenvalue weighted by atomic mass is 10.2. The molecule has 176 valence electrons. The van der Waals surface area contributed by atoms with Crippen LogP contribution in [-0.2, 0) is 13.1 Å². The van der Waals surface area contributed by atoms with Gasteiger partial charge in [-0.05, 0) is 22.9 Å². The van der Waals surface area contributed by atoms with E-state index in [2.05, 4.69) is 15.2 Å². The lowest BCUT2D eigenvalue weighted by Gasteiger charge is -2.14. The molecule has 0 spiro atoms. The highest BCUT2D eigenvalue weighted by atomic mass is 32.2. The molecule has 0 amide bonds. The zero-order valence-electron chi connectivity index (χ0n) is 18.7. The number of benzene rings is 1. The number of hydrogen-bond acceptors (Lipinski definition) is 8. The minimum absolute atomic E-state index is 0.0788. The first-order valence-corrected chi connectivity index (χ1v) is 12.5. The molecule has 0 unspecified atom stereocenters. The summed E-state index contributed by atoms with van der Waals surface area (Å²) in [5, 5.41) is 11.2. The largest absolute Gasteiger partial charge is 0.384 e. The topological polar surface area (TPSA) is 129 Å². The summed E-state index contributed by atoms with van der Waals surface area (Å²) in [5.74, 6) is 0.142. The molecule has 0 fully saturated rings. The summed E-state index contributed by atoms with van der Waals surface area (Å²) in [6, 6.07) is 13.8. The van der Waals surface area contributed by atoms with Crippen LogP contribution in [0.25, 0.3) is 10.7 Å². The molecule has 0 saturated carbocycles. The van der Waals surface area contributed by atoms with E-state index in [0.717, 1.165) is 10.4 Å². The van der Waals surface area contributed by atoms with Gasteiger partial charge in [-0.3, -0.25) is 23.7 Å². The molecule has 34 heavy (non-hydrogen) atoms. The fourth-order valence-electron chi connectivity index (χ4n) is 3.50. The van der Waals surface area contributed by atoms with Crippen molar-refractivity contribution in [1.29, 1.82) is 0 Å². The van der Waals surface area contributed by atoms with E-state index in [9.17, 15) is 14.4 Å². The zero-order chi connectivity index (χ0) is 24.2. The van der Waals surface area contributed by atoms with Crippen LogP contribution in [0.5, 0.6) is 0 Å². The number of nitrogen functional groups attached to an aromatic ring is 1. The molecule has 0 saturated heterocycles. The number of nitrogens with zero attached hydrogens (tertiary/aromatic N) is 4. The van der Waals surface area contributed by atoms with Gasteiger partial charge in [0.05, 0.1) is 17.2 Å². The first-order chi connectivity index (χ1) is 16.3. The van der Waals surface area contributed by atoms with E-state index in [1.807, 2.05) is 66.3 Å². The maximum atomic E-state index is 13.0. The minimum atomic E-state index is -0.780. The number of thioether (sulfide) groups is 1. The first kappa shape index (κ1) is 23.7. The van der Waals surface area contributed by atoms with Gasteiger partial charge in [0.2, 0.25) is 0 Å². The van der Waals surface area contributed by atoms with E-state index in [-0.39, 0.29) is 23.1 Å². The summed E-state index contributed by atoms with van der Waals surface area (Å²) in [5.41, 5.74) is 5.54. The summed E-state index contributed by atoms with van der Waals surface area (Å²) >= 11 is 2.73. The Morgan fingerprint density at radius 2 is 1.88 bits per heavy atom. The van der Waals surface area contributed by atoms with Gasteiger partial charge in [0.25, 0.3) is 5.56 Å². The van der Waals surface area contributed by atoms with Crippen LogP contribution in [0, 0.1) is 5.92 Å². The molecule has 4 aromatic rings. The third-order valence-corrected chi connectivity index (χ3v) is 6.87. The Kier molecular flexibility index (Phi) is 7.13. The number of H-pyrrole nitrogens is 1. The average Bonchev–Trinajstić information content (AvgIpc) is 3.46. The summed E-state index contributed by atoms with van der Waals surface area (Å²) in [4.78, 5) is 40.8. The minimum Gasteiger partial charge on any atom is -0.384 e. The van der Waals surface area contributed by atoms with Gasteiger partial charge in [0.15, 0.2) is 16.8 Å². The lowest BCUT2D eigenvalue weighted by molar-refractivity contribution is 0.102. The number of carbonyl (C=O) groups is 1. The number of anilines is 1. The molecular formula is C23H24N6O3S2. The van der Waals surface area contributed by atoms with E-state index >= 15 is 0 Å². The van der Waals surface area contributed by atoms with E-state index in [0.29, 0.717) is 24.1 Å². The number of nitrogens with one attached hydrogen (secondary N) is 1. The van der Waals surface area contributed by atoms with Crippen molar-refractivity contribution in [3.8, 4) is 10.7 Å². The lowest BCUT2D eigenvalue weighted by Crippen LogP contribution is -2.37. The molecule has 3 aromatic heterocycles. The Morgan fingerprint density at radius 1 is 1.12 bits per heavy atom. The molecular weight excluding hydrogens is 472 g/mol. The number of nitrogens with two attached hydrogens (primary N) is 1. The van der Waals surface area contributed by atoms with Crippen molar-refractivity contribution in [1.82, 2.24) is 24.3 Å². The van der Waals surface area contributed by atoms with Crippen LogP contribution in [0.1, 0.15) is 29.8 Å². The highest BCUT2D eigenvalue weighted by Crippen LogP contribution is 2.28. The second-order valence-electron chi connectivity index (χ2n) is 8.09. The monoisotopic (exact) mass is 496 g/mol. The van der Waals surface area contributed by atoms with Gasteiger partial charge in [-0.15, -0.1) is 21.5 Å². The van der Waals surface area contributed by atoms with E-state index in [4.69, 9.17) is 5.73 Å². The Bertz CT molecular complexity index is 1400. The quantitative estimate of drug-likeness (QED) is 0.269. The number of ketones is 1. The summed E-state index contributed by atoms with van der Waals surface area (Å²) in [6.07, 6.45) is 0. The molecule has 11 heteroatoms. The molecule has 3 heterocycles. The molecule has 0 atom stereocenters. The predicted octanol–water partition coefficient (Wildman–Crippen LogP) is 3.12. The van der Waals surface area contributed by atoms with Crippen LogP contribution in [0.3, 0.4) is 0 Å². The van der Waals surface area contributed by atoms with Gasteiger partial charge in [-0.2, -0.15) is 0 Å². The SMILES string of the molecule is CC(C)Cn1c(N)c(C(=O)CSc2nnc(-c3cccs3)n2Cc2ccccc2)c(=O)[nH]c1=O. The summed E-state index contributed by atoms with van der Waals surface area (Å²) in [7, 11) is 0. The normalized spacial score (nSPS) is 11.3. The average molecular weight is 497 g/mol. The maximum absolute atomic E-state index is 13.0. The van der Waals surface area contributed by atoms with Crippen molar-refractivity contribution < 1.29 is 4.79 Å². The molecule has 0 aliphatic heterocycles. The van der Waals surface area contributed by atoms with E-state index in [1.165, 1.54) is 16.3 Å². The van der Waals surface area contributed by atoms with Crippen molar-refractivity contribution in [3.05, 3.63) is 79.8 Å². The zero-order valence-corrected chi connectivity index (χ0v) is 20.4. The van der Waals surface area contributed by atoms with Crippen molar-refractivity contribution in [3.63, 3.8) is 0 Å². The number of thiophene rings is 1. The van der Waals surface area contributed by atoms with Crippen LogP contribution in [0.2, 0.25) is 0 Å². The molecule has 1 aromatic carbocycles. The highest BCUT2D eigenvalue weighted by Gasteiger charge is 2.22. The van der Waals surface area contributed by atoms with Gasteiger partial charge < -0.3 is 5.73 Å². The van der Waals surface area contributed by atoms with Crippen molar-refractivity contribution >= 4 is 34.7 Å². The highest BCUT2D eigenvalue weighted by molar-refractivity contribution is 7.99. The van der Waals surface area contributed by atoms with Crippen LogP contribution in [0.15, 0.2) is 62.6 Å². The number of Topliss-reactive ketones (excluding diaryl/α,β-unsaturated/α-hetero) is 1. The third kappa shape index (κ3) is 5.05. The van der Waals surface area contributed by atoms with E-state index < -0.39 is 17.0 Å². The second-order valence-corrected chi connectivity index (χ2v) is 9.98.